The van der Waals surface area contributed by atoms with E-state index < -0.39 is 29.4 Å². The zero-order valence-corrected chi connectivity index (χ0v) is 14.4. The SMILES string of the molecule is C[C@@H](C(=O)Nc1ccc(F)c(F)c1F)[NH+]1CCN(c2cccc[nH+]2)CC1. The molecule has 1 aliphatic rings. The predicted molar refractivity (Wildman–Crippen MR) is 90.3 cm³/mol. The van der Waals surface area contributed by atoms with Crippen molar-refractivity contribution in [3.63, 3.8) is 0 Å². The van der Waals surface area contributed by atoms with E-state index in [1.54, 1.807) is 6.92 Å². The van der Waals surface area contributed by atoms with Crippen LogP contribution in [0.1, 0.15) is 6.92 Å². The number of rotatable bonds is 4. The smallest absolute Gasteiger partial charge is 0.282 e. The van der Waals surface area contributed by atoms with Gasteiger partial charge in [0, 0.05) is 6.07 Å². The third-order valence-electron chi connectivity index (χ3n) is 4.74. The van der Waals surface area contributed by atoms with Crippen molar-refractivity contribution >= 4 is 17.4 Å². The van der Waals surface area contributed by atoms with E-state index in [1.807, 2.05) is 24.4 Å². The van der Waals surface area contributed by atoms with Gasteiger partial charge >= 0.3 is 0 Å². The number of benzene rings is 1. The number of hydrogen-bond acceptors (Lipinski definition) is 2. The molecular weight excluding hydrogens is 345 g/mol. The van der Waals surface area contributed by atoms with E-state index in [0.29, 0.717) is 0 Å². The molecule has 1 fully saturated rings. The first-order valence-electron chi connectivity index (χ1n) is 8.48. The molecule has 1 aromatic carbocycles. The molecule has 138 valence electrons. The monoisotopic (exact) mass is 366 g/mol. The number of carbonyl (C=O) groups is 1. The van der Waals surface area contributed by atoms with Crippen LogP contribution in [0.5, 0.6) is 0 Å². The quantitative estimate of drug-likeness (QED) is 0.781. The van der Waals surface area contributed by atoms with Crippen molar-refractivity contribution < 1.29 is 27.8 Å². The first-order valence-corrected chi connectivity index (χ1v) is 8.48. The van der Waals surface area contributed by atoms with Gasteiger partial charge in [0.15, 0.2) is 23.5 Å². The van der Waals surface area contributed by atoms with E-state index in [-0.39, 0.29) is 5.69 Å². The summed E-state index contributed by atoms with van der Waals surface area (Å²) in [4.78, 5) is 18.8. The van der Waals surface area contributed by atoms with Crippen LogP contribution in [0.25, 0.3) is 0 Å². The maximum Gasteiger partial charge on any atom is 0.282 e. The second-order valence-electron chi connectivity index (χ2n) is 6.33. The molecule has 1 aliphatic heterocycles. The Kier molecular flexibility index (Phi) is 5.41. The van der Waals surface area contributed by atoms with Gasteiger partial charge in [-0.25, -0.2) is 18.2 Å². The van der Waals surface area contributed by atoms with Crippen LogP contribution in [0.4, 0.5) is 24.7 Å². The Hall–Kier alpha value is -2.61. The summed E-state index contributed by atoms with van der Waals surface area (Å²) in [6.07, 6.45) is 1.86. The summed E-state index contributed by atoms with van der Waals surface area (Å²) in [7, 11) is 0. The predicted octanol–water partition coefficient (Wildman–Crippen LogP) is 0.650. The fraction of sp³-hybridized carbons (Fsp3) is 0.333. The Bertz CT molecular complexity index is 780. The van der Waals surface area contributed by atoms with Crippen molar-refractivity contribution in [1.29, 1.82) is 0 Å². The lowest BCUT2D eigenvalue weighted by molar-refractivity contribution is -0.914. The number of carbonyl (C=O) groups excluding carboxylic acids is 1. The van der Waals surface area contributed by atoms with Crippen molar-refractivity contribution in [2.75, 3.05) is 36.4 Å². The number of anilines is 2. The minimum Gasteiger partial charge on any atom is -0.318 e. The molecule has 8 heteroatoms. The van der Waals surface area contributed by atoms with Gasteiger partial charge in [-0.05, 0) is 25.1 Å². The standard InChI is InChI=1S/C18H19F3N4O/c1-12(18(26)23-14-6-5-13(19)16(20)17(14)21)24-8-10-25(11-9-24)15-4-2-3-7-22-15/h2-7,12H,8-11H2,1H3,(H,23,26)/p+2/t12-/m0/s1. The van der Waals surface area contributed by atoms with Crippen molar-refractivity contribution in [1.82, 2.24) is 0 Å². The second kappa shape index (κ2) is 7.74. The number of aromatic nitrogens is 1. The first kappa shape index (κ1) is 18.2. The number of aromatic amines is 1. The highest BCUT2D eigenvalue weighted by Crippen LogP contribution is 2.19. The van der Waals surface area contributed by atoms with Gasteiger partial charge in [0.1, 0.15) is 26.2 Å². The third kappa shape index (κ3) is 3.80. The van der Waals surface area contributed by atoms with Crippen LogP contribution < -0.4 is 20.1 Å². The van der Waals surface area contributed by atoms with Gasteiger partial charge in [-0.2, -0.15) is 0 Å². The number of quaternary nitrogens is 1. The molecule has 0 bridgehead atoms. The molecular formula is C18H21F3N4O+2. The van der Waals surface area contributed by atoms with Gasteiger partial charge in [-0.3, -0.25) is 9.69 Å². The molecule has 26 heavy (non-hydrogen) atoms. The number of piperazine rings is 1. The van der Waals surface area contributed by atoms with Crippen LogP contribution in [-0.2, 0) is 4.79 Å². The normalized spacial score (nSPS) is 16.4. The van der Waals surface area contributed by atoms with E-state index in [1.165, 1.54) is 0 Å². The molecule has 2 heterocycles. The molecule has 0 radical (unpaired) electrons. The van der Waals surface area contributed by atoms with Crippen molar-refractivity contribution in [2.45, 2.75) is 13.0 Å². The van der Waals surface area contributed by atoms with E-state index in [4.69, 9.17) is 0 Å². The van der Waals surface area contributed by atoms with Gasteiger partial charge in [0.25, 0.3) is 11.7 Å². The Morgan fingerprint density at radius 2 is 1.88 bits per heavy atom. The molecule has 3 N–H and O–H groups in total. The lowest BCUT2D eigenvalue weighted by Crippen LogP contribution is -3.19. The summed E-state index contributed by atoms with van der Waals surface area (Å²) in [5.41, 5.74) is -0.349. The average molecular weight is 366 g/mol. The second-order valence-corrected chi connectivity index (χ2v) is 6.33. The van der Waals surface area contributed by atoms with Gasteiger partial charge in [0.2, 0.25) is 0 Å². The van der Waals surface area contributed by atoms with Crippen molar-refractivity contribution in [3.8, 4) is 0 Å². The molecule has 1 saturated heterocycles. The minimum absolute atomic E-state index is 0.349. The molecule has 1 aromatic heterocycles. The number of nitrogens with zero attached hydrogens (tertiary/aromatic N) is 1. The average Bonchev–Trinajstić information content (AvgIpc) is 2.68. The molecule has 1 atom stereocenters. The van der Waals surface area contributed by atoms with Gasteiger partial charge in [-0.1, -0.05) is 6.07 Å². The number of pyridine rings is 1. The van der Waals surface area contributed by atoms with Crippen LogP contribution >= 0.6 is 0 Å². The lowest BCUT2D eigenvalue weighted by atomic mass is 10.2. The van der Waals surface area contributed by atoms with Crippen LogP contribution in [-0.4, -0.2) is 38.1 Å². The molecule has 1 amide bonds. The number of amides is 1. The number of nitrogens with one attached hydrogen (secondary N) is 3. The largest absolute Gasteiger partial charge is 0.318 e. The Labute approximate surface area is 149 Å². The molecule has 0 spiro atoms. The summed E-state index contributed by atoms with van der Waals surface area (Å²) in [5, 5.41) is 2.36. The fourth-order valence-electron chi connectivity index (χ4n) is 3.10. The van der Waals surface area contributed by atoms with Gasteiger partial charge in [-0.15, -0.1) is 0 Å². The van der Waals surface area contributed by atoms with Gasteiger partial charge in [0.05, 0.1) is 11.9 Å². The maximum atomic E-state index is 13.7. The minimum atomic E-state index is -1.59. The van der Waals surface area contributed by atoms with E-state index >= 15 is 0 Å². The van der Waals surface area contributed by atoms with Crippen LogP contribution in [0.2, 0.25) is 0 Å². The van der Waals surface area contributed by atoms with E-state index in [0.717, 1.165) is 49.0 Å². The highest BCUT2D eigenvalue weighted by atomic mass is 19.2. The number of hydrogen-bond donors (Lipinski definition) is 2. The molecule has 0 unspecified atom stereocenters. The molecule has 2 aromatic rings. The first-order chi connectivity index (χ1) is 12.5. The van der Waals surface area contributed by atoms with Gasteiger partial charge < -0.3 is 10.2 Å². The zero-order valence-electron chi connectivity index (χ0n) is 14.4. The maximum absolute atomic E-state index is 13.7. The zero-order chi connectivity index (χ0) is 18.7. The van der Waals surface area contributed by atoms with Crippen molar-refractivity contribution in [2.24, 2.45) is 0 Å². The van der Waals surface area contributed by atoms with Crippen LogP contribution in [0.15, 0.2) is 36.5 Å². The lowest BCUT2D eigenvalue weighted by Gasteiger charge is -2.31. The number of H-pyrrole nitrogens is 1. The van der Waals surface area contributed by atoms with Crippen molar-refractivity contribution in [3.05, 3.63) is 54.0 Å². The fourth-order valence-corrected chi connectivity index (χ4v) is 3.10. The Morgan fingerprint density at radius 1 is 1.15 bits per heavy atom. The summed E-state index contributed by atoms with van der Waals surface area (Å²) in [6.45, 7) is 4.75. The van der Waals surface area contributed by atoms with E-state index in [2.05, 4.69) is 15.2 Å². The summed E-state index contributed by atoms with van der Waals surface area (Å²) in [6, 6.07) is 7.24. The molecule has 0 saturated carbocycles. The number of halogens is 3. The third-order valence-corrected chi connectivity index (χ3v) is 4.74. The summed E-state index contributed by atoms with van der Waals surface area (Å²) in [5.74, 6) is -3.66. The molecule has 0 aliphatic carbocycles. The highest BCUT2D eigenvalue weighted by molar-refractivity contribution is 5.93. The Balaban J connectivity index is 1.59. The molecule has 5 nitrogen and oxygen atoms in total. The molecule has 3 rings (SSSR count). The summed E-state index contributed by atoms with van der Waals surface area (Å²) >= 11 is 0. The highest BCUT2D eigenvalue weighted by Gasteiger charge is 2.32. The van der Waals surface area contributed by atoms with Crippen LogP contribution in [0, 0.1) is 17.5 Å². The topological polar surface area (TPSA) is 50.9 Å². The summed E-state index contributed by atoms with van der Waals surface area (Å²) < 4.78 is 40.0. The Morgan fingerprint density at radius 3 is 2.54 bits per heavy atom. The van der Waals surface area contributed by atoms with Crippen LogP contribution in [0.3, 0.4) is 0 Å². The van der Waals surface area contributed by atoms with E-state index in [9.17, 15) is 18.0 Å².